The Bertz CT molecular complexity index is 499. The molecule has 20 heavy (non-hydrogen) atoms. The number of nitrogens with two attached hydrogens (primary N) is 1. The smallest absolute Gasteiger partial charge is 0.269 e. The van der Waals surface area contributed by atoms with Gasteiger partial charge in [-0.2, -0.15) is 0 Å². The number of nitrogens with zero attached hydrogens (tertiary/aromatic N) is 2. The molecule has 6 nitrogen and oxygen atoms in total. The summed E-state index contributed by atoms with van der Waals surface area (Å²) in [6.45, 7) is 2.61. The highest BCUT2D eigenvalue weighted by Gasteiger charge is 2.29. The summed E-state index contributed by atoms with van der Waals surface area (Å²) >= 11 is 0. The third-order valence-electron chi connectivity index (χ3n) is 3.74. The average molecular weight is 277 g/mol. The molecule has 0 saturated carbocycles. The first kappa shape index (κ1) is 14.5. The number of carbonyl (C=O) groups is 1. The molecular weight excluding hydrogens is 258 g/mol. The Morgan fingerprint density at radius 1 is 1.40 bits per heavy atom. The van der Waals surface area contributed by atoms with Crippen LogP contribution in [0.25, 0.3) is 0 Å². The molecule has 2 unspecified atom stereocenters. The van der Waals surface area contributed by atoms with Gasteiger partial charge in [0, 0.05) is 36.3 Å². The van der Waals surface area contributed by atoms with Crippen LogP contribution >= 0.6 is 0 Å². The molecule has 0 radical (unpaired) electrons. The lowest BCUT2D eigenvalue weighted by molar-refractivity contribution is -0.384. The van der Waals surface area contributed by atoms with Gasteiger partial charge in [-0.15, -0.1) is 0 Å². The van der Waals surface area contributed by atoms with Crippen LogP contribution in [0.5, 0.6) is 0 Å². The fourth-order valence-electron chi connectivity index (χ4n) is 2.65. The zero-order chi connectivity index (χ0) is 14.7. The Morgan fingerprint density at radius 3 is 2.60 bits per heavy atom. The number of rotatable bonds is 3. The summed E-state index contributed by atoms with van der Waals surface area (Å²) < 4.78 is 0. The molecule has 1 saturated heterocycles. The number of nitro groups is 1. The van der Waals surface area contributed by atoms with E-state index in [2.05, 4.69) is 0 Å². The van der Waals surface area contributed by atoms with Crippen LogP contribution in [-0.2, 0) is 0 Å². The second kappa shape index (κ2) is 6.00. The first-order chi connectivity index (χ1) is 9.50. The lowest BCUT2D eigenvalue weighted by Crippen LogP contribution is -2.51. The van der Waals surface area contributed by atoms with E-state index in [1.54, 1.807) is 4.90 Å². The number of hydrogen-bond acceptors (Lipinski definition) is 4. The van der Waals surface area contributed by atoms with E-state index in [1.165, 1.54) is 24.3 Å². The van der Waals surface area contributed by atoms with Gasteiger partial charge in [0.1, 0.15) is 0 Å². The van der Waals surface area contributed by atoms with Crippen molar-refractivity contribution in [2.24, 2.45) is 5.73 Å². The molecule has 1 fully saturated rings. The van der Waals surface area contributed by atoms with Crippen LogP contribution in [0.2, 0.25) is 0 Å². The summed E-state index contributed by atoms with van der Waals surface area (Å²) in [5, 5.41) is 10.6. The second-order valence-electron chi connectivity index (χ2n) is 5.22. The summed E-state index contributed by atoms with van der Waals surface area (Å²) in [4.78, 5) is 24.4. The fourth-order valence-corrected chi connectivity index (χ4v) is 2.65. The van der Waals surface area contributed by atoms with E-state index in [9.17, 15) is 14.9 Å². The maximum absolute atomic E-state index is 12.5. The Hall–Kier alpha value is -1.95. The van der Waals surface area contributed by atoms with Gasteiger partial charge in [-0.3, -0.25) is 14.9 Å². The predicted octanol–water partition coefficient (Wildman–Crippen LogP) is 1.94. The third kappa shape index (κ3) is 2.96. The molecule has 0 aliphatic carbocycles. The molecule has 2 rings (SSSR count). The van der Waals surface area contributed by atoms with Crippen molar-refractivity contribution in [3.05, 3.63) is 39.9 Å². The fraction of sp³-hybridized carbons (Fsp3) is 0.500. The molecule has 108 valence electrons. The quantitative estimate of drug-likeness (QED) is 0.675. The lowest BCUT2D eigenvalue weighted by Gasteiger charge is -2.38. The Morgan fingerprint density at radius 2 is 2.05 bits per heavy atom. The molecule has 1 heterocycles. The molecule has 1 amide bonds. The van der Waals surface area contributed by atoms with Gasteiger partial charge in [0.05, 0.1) is 4.92 Å². The summed E-state index contributed by atoms with van der Waals surface area (Å²) in [5.74, 6) is -0.0955. The SMILES string of the molecule is CC(N)C1CCCCN1C(=O)c1ccc([N+](=O)[O-])cc1. The number of non-ortho nitro benzene ring substituents is 1. The van der Waals surface area contributed by atoms with Crippen molar-refractivity contribution >= 4 is 11.6 Å². The molecule has 1 aliphatic heterocycles. The molecular formula is C14H19N3O3. The molecule has 1 aromatic carbocycles. The van der Waals surface area contributed by atoms with E-state index in [0.717, 1.165) is 19.3 Å². The summed E-state index contributed by atoms with van der Waals surface area (Å²) in [6.07, 6.45) is 2.97. The number of hydrogen-bond donors (Lipinski definition) is 1. The van der Waals surface area contributed by atoms with Crippen LogP contribution < -0.4 is 5.73 Å². The molecule has 6 heteroatoms. The molecule has 2 atom stereocenters. The van der Waals surface area contributed by atoms with Gasteiger partial charge in [-0.25, -0.2) is 0 Å². The van der Waals surface area contributed by atoms with Crippen molar-refractivity contribution in [1.29, 1.82) is 0 Å². The van der Waals surface area contributed by atoms with Crippen molar-refractivity contribution in [2.75, 3.05) is 6.54 Å². The van der Waals surface area contributed by atoms with Gasteiger partial charge in [-0.1, -0.05) is 0 Å². The topological polar surface area (TPSA) is 89.5 Å². The summed E-state index contributed by atoms with van der Waals surface area (Å²) in [6, 6.07) is 5.71. The third-order valence-corrected chi connectivity index (χ3v) is 3.74. The van der Waals surface area contributed by atoms with Crippen LogP contribution in [0.3, 0.4) is 0 Å². The first-order valence-electron chi connectivity index (χ1n) is 6.81. The number of benzene rings is 1. The van der Waals surface area contributed by atoms with Gasteiger partial charge in [0.25, 0.3) is 11.6 Å². The maximum atomic E-state index is 12.5. The number of likely N-dealkylation sites (tertiary alicyclic amines) is 1. The Labute approximate surface area is 117 Å². The standard InChI is InChI=1S/C14H19N3O3/c1-10(15)13-4-2-3-9-16(13)14(18)11-5-7-12(8-6-11)17(19)20/h5-8,10,13H,2-4,9,15H2,1H3. The van der Waals surface area contributed by atoms with E-state index in [4.69, 9.17) is 5.73 Å². The number of carbonyl (C=O) groups excluding carboxylic acids is 1. The van der Waals surface area contributed by atoms with Crippen molar-refractivity contribution in [3.63, 3.8) is 0 Å². The van der Waals surface area contributed by atoms with Crippen molar-refractivity contribution in [1.82, 2.24) is 4.90 Å². The summed E-state index contributed by atoms with van der Waals surface area (Å²) in [7, 11) is 0. The van der Waals surface area contributed by atoms with Crippen molar-refractivity contribution in [2.45, 2.75) is 38.3 Å². The molecule has 0 aromatic heterocycles. The van der Waals surface area contributed by atoms with E-state index in [0.29, 0.717) is 12.1 Å². The number of amides is 1. The van der Waals surface area contributed by atoms with Crippen LogP contribution in [0, 0.1) is 10.1 Å². The number of piperidine rings is 1. The minimum absolute atomic E-state index is 0.0102. The van der Waals surface area contributed by atoms with Gasteiger partial charge >= 0.3 is 0 Å². The van der Waals surface area contributed by atoms with Crippen LogP contribution in [-0.4, -0.2) is 34.4 Å². The highest BCUT2D eigenvalue weighted by Crippen LogP contribution is 2.22. The highest BCUT2D eigenvalue weighted by atomic mass is 16.6. The van der Waals surface area contributed by atoms with Gasteiger partial charge in [0.15, 0.2) is 0 Å². The first-order valence-corrected chi connectivity index (χ1v) is 6.81. The van der Waals surface area contributed by atoms with Gasteiger partial charge in [-0.05, 0) is 38.3 Å². The highest BCUT2D eigenvalue weighted by molar-refractivity contribution is 5.94. The molecule has 1 aliphatic rings. The van der Waals surface area contributed by atoms with Gasteiger partial charge < -0.3 is 10.6 Å². The van der Waals surface area contributed by atoms with E-state index < -0.39 is 4.92 Å². The largest absolute Gasteiger partial charge is 0.334 e. The van der Waals surface area contributed by atoms with E-state index >= 15 is 0 Å². The minimum Gasteiger partial charge on any atom is -0.334 e. The predicted molar refractivity (Wildman–Crippen MR) is 75.4 cm³/mol. The second-order valence-corrected chi connectivity index (χ2v) is 5.22. The van der Waals surface area contributed by atoms with Crippen molar-refractivity contribution < 1.29 is 9.72 Å². The minimum atomic E-state index is -0.472. The molecule has 1 aromatic rings. The van der Waals surface area contributed by atoms with Gasteiger partial charge in [0.2, 0.25) is 0 Å². The van der Waals surface area contributed by atoms with Crippen LogP contribution in [0.1, 0.15) is 36.5 Å². The molecule has 2 N–H and O–H groups in total. The zero-order valence-corrected chi connectivity index (χ0v) is 11.5. The molecule has 0 spiro atoms. The van der Waals surface area contributed by atoms with Crippen molar-refractivity contribution in [3.8, 4) is 0 Å². The van der Waals surface area contributed by atoms with E-state index in [-0.39, 0.29) is 23.7 Å². The zero-order valence-electron chi connectivity index (χ0n) is 11.5. The average Bonchev–Trinajstić information content (AvgIpc) is 2.46. The van der Waals surface area contributed by atoms with Crippen LogP contribution in [0.15, 0.2) is 24.3 Å². The maximum Gasteiger partial charge on any atom is 0.269 e. The monoisotopic (exact) mass is 277 g/mol. The Balaban J connectivity index is 2.18. The molecule has 0 bridgehead atoms. The van der Waals surface area contributed by atoms with Crippen LogP contribution in [0.4, 0.5) is 5.69 Å². The number of nitro benzene ring substituents is 1. The lowest BCUT2D eigenvalue weighted by atomic mass is 9.96. The summed E-state index contributed by atoms with van der Waals surface area (Å²) in [5.41, 5.74) is 6.42. The Kier molecular flexibility index (Phi) is 4.34. The van der Waals surface area contributed by atoms with E-state index in [1.807, 2.05) is 6.92 Å². The normalized spacial score (nSPS) is 20.5.